The first-order valence-corrected chi connectivity index (χ1v) is 8.67. The maximum absolute atomic E-state index is 12.6. The highest BCUT2D eigenvalue weighted by Crippen LogP contribution is 2.34. The molecule has 0 bridgehead atoms. The van der Waals surface area contributed by atoms with Gasteiger partial charge < -0.3 is 14.6 Å². The molecule has 0 unspecified atom stereocenters. The van der Waals surface area contributed by atoms with Crippen LogP contribution in [0.3, 0.4) is 0 Å². The molecule has 1 aliphatic rings. The van der Waals surface area contributed by atoms with Gasteiger partial charge in [-0.25, -0.2) is 0 Å². The Morgan fingerprint density at radius 3 is 2.96 bits per heavy atom. The summed E-state index contributed by atoms with van der Waals surface area (Å²) in [5.41, 5.74) is 0. The fourth-order valence-corrected chi connectivity index (χ4v) is 3.58. The third-order valence-corrected chi connectivity index (χ3v) is 5.07. The molecule has 1 N–H and O–H groups in total. The molecule has 6 heteroatoms. The van der Waals surface area contributed by atoms with E-state index < -0.39 is 0 Å². The van der Waals surface area contributed by atoms with Gasteiger partial charge in [0.1, 0.15) is 5.76 Å². The fraction of sp³-hybridized carbons (Fsp3) is 0.412. The number of carbonyl (C=O) groups is 2. The molecule has 1 fully saturated rings. The average molecular weight is 332 g/mol. The van der Waals surface area contributed by atoms with Crippen molar-refractivity contribution >= 4 is 23.2 Å². The quantitative estimate of drug-likeness (QED) is 0.936. The molecule has 3 rings (SSSR count). The third-order valence-electron chi connectivity index (χ3n) is 4.20. The van der Waals surface area contributed by atoms with E-state index in [0.717, 1.165) is 18.6 Å². The number of likely N-dealkylation sites (tertiary alicyclic amines) is 1. The van der Waals surface area contributed by atoms with E-state index in [9.17, 15) is 9.59 Å². The van der Waals surface area contributed by atoms with E-state index in [0.29, 0.717) is 17.3 Å². The Morgan fingerprint density at radius 2 is 2.26 bits per heavy atom. The van der Waals surface area contributed by atoms with Crippen molar-refractivity contribution in [2.75, 3.05) is 13.1 Å². The molecule has 122 valence electrons. The Balaban J connectivity index is 1.64. The maximum atomic E-state index is 12.6. The van der Waals surface area contributed by atoms with Gasteiger partial charge in [-0.1, -0.05) is 13.0 Å². The van der Waals surface area contributed by atoms with Gasteiger partial charge >= 0.3 is 0 Å². The first kappa shape index (κ1) is 15.8. The van der Waals surface area contributed by atoms with E-state index in [1.807, 2.05) is 28.5 Å². The van der Waals surface area contributed by atoms with Crippen LogP contribution >= 0.6 is 11.3 Å². The second-order valence-corrected chi connectivity index (χ2v) is 6.86. The minimum atomic E-state index is -0.201. The largest absolute Gasteiger partial charge is 0.467 e. The summed E-state index contributed by atoms with van der Waals surface area (Å²) in [4.78, 5) is 27.0. The van der Waals surface area contributed by atoms with Gasteiger partial charge in [0, 0.05) is 6.54 Å². The molecular formula is C17H20N2O3S. The Kier molecular flexibility index (Phi) is 4.81. The van der Waals surface area contributed by atoms with Gasteiger partial charge in [0.15, 0.2) is 0 Å². The molecule has 2 aromatic heterocycles. The van der Waals surface area contributed by atoms with E-state index in [-0.39, 0.29) is 24.4 Å². The first-order chi connectivity index (χ1) is 11.1. The number of hydrogen-bond donors (Lipinski definition) is 1. The molecule has 0 saturated carbocycles. The highest BCUT2D eigenvalue weighted by atomic mass is 32.1. The van der Waals surface area contributed by atoms with Gasteiger partial charge in [-0.3, -0.25) is 9.59 Å². The zero-order valence-corrected chi connectivity index (χ0v) is 13.8. The topological polar surface area (TPSA) is 62.6 Å². The van der Waals surface area contributed by atoms with Gasteiger partial charge in [0.25, 0.3) is 5.91 Å². The number of nitrogens with one attached hydrogen (secondary N) is 1. The number of carbonyl (C=O) groups excluding carboxylic acids is 2. The number of hydrogen-bond acceptors (Lipinski definition) is 4. The number of nitrogens with zero attached hydrogens (tertiary/aromatic N) is 1. The molecule has 3 heterocycles. The van der Waals surface area contributed by atoms with Gasteiger partial charge in [-0.05, 0) is 42.3 Å². The number of thiophene rings is 1. The second kappa shape index (κ2) is 7.00. The van der Waals surface area contributed by atoms with Gasteiger partial charge in [0.05, 0.1) is 23.7 Å². The number of amides is 2. The van der Waals surface area contributed by atoms with Crippen LogP contribution in [0.2, 0.25) is 0 Å². The lowest BCUT2D eigenvalue weighted by molar-refractivity contribution is -0.135. The predicted molar refractivity (Wildman–Crippen MR) is 88.2 cm³/mol. The SMILES string of the molecule is C[C@H]1CCN(C(=O)CNC(=O)c2cccs2)[C@@H](c2ccco2)C1. The Bertz CT molecular complexity index is 651. The van der Waals surface area contributed by atoms with Gasteiger partial charge in [-0.2, -0.15) is 0 Å². The Morgan fingerprint density at radius 1 is 1.39 bits per heavy atom. The molecule has 5 nitrogen and oxygen atoms in total. The number of piperidine rings is 1. The lowest BCUT2D eigenvalue weighted by Crippen LogP contribution is -2.45. The van der Waals surface area contributed by atoms with Crippen molar-refractivity contribution in [1.29, 1.82) is 0 Å². The van der Waals surface area contributed by atoms with E-state index in [2.05, 4.69) is 12.2 Å². The average Bonchev–Trinajstić information content (AvgIpc) is 3.24. The summed E-state index contributed by atoms with van der Waals surface area (Å²) in [6.45, 7) is 2.90. The molecular weight excluding hydrogens is 312 g/mol. The van der Waals surface area contributed by atoms with E-state index >= 15 is 0 Å². The Hall–Kier alpha value is -2.08. The highest BCUT2D eigenvalue weighted by Gasteiger charge is 2.32. The van der Waals surface area contributed by atoms with Crippen LogP contribution < -0.4 is 5.32 Å². The summed E-state index contributed by atoms with van der Waals surface area (Å²) in [6, 6.07) is 7.28. The van der Waals surface area contributed by atoms with Crippen LogP contribution in [0.1, 0.15) is 41.2 Å². The van der Waals surface area contributed by atoms with Crippen LogP contribution in [0.15, 0.2) is 40.3 Å². The van der Waals surface area contributed by atoms with Crippen molar-refractivity contribution in [3.8, 4) is 0 Å². The van der Waals surface area contributed by atoms with Crippen LogP contribution in [0.4, 0.5) is 0 Å². The van der Waals surface area contributed by atoms with E-state index in [1.165, 1.54) is 11.3 Å². The van der Waals surface area contributed by atoms with E-state index in [4.69, 9.17) is 4.42 Å². The van der Waals surface area contributed by atoms with E-state index in [1.54, 1.807) is 12.3 Å². The fourth-order valence-electron chi connectivity index (χ4n) is 2.94. The zero-order valence-electron chi connectivity index (χ0n) is 13.0. The zero-order chi connectivity index (χ0) is 16.2. The lowest BCUT2D eigenvalue weighted by atomic mass is 9.91. The maximum Gasteiger partial charge on any atom is 0.261 e. The van der Waals surface area contributed by atoms with Crippen molar-refractivity contribution < 1.29 is 14.0 Å². The lowest BCUT2D eigenvalue weighted by Gasteiger charge is -2.37. The summed E-state index contributed by atoms with van der Waals surface area (Å²) >= 11 is 1.37. The minimum Gasteiger partial charge on any atom is -0.467 e. The number of furan rings is 1. The summed E-state index contributed by atoms with van der Waals surface area (Å²) < 4.78 is 5.51. The minimum absolute atomic E-state index is 0.0162. The number of rotatable bonds is 4. The van der Waals surface area contributed by atoms with Crippen molar-refractivity contribution in [3.63, 3.8) is 0 Å². The van der Waals surface area contributed by atoms with Crippen molar-refractivity contribution in [2.45, 2.75) is 25.8 Å². The molecule has 23 heavy (non-hydrogen) atoms. The molecule has 0 aromatic carbocycles. The smallest absolute Gasteiger partial charge is 0.261 e. The molecule has 1 aliphatic heterocycles. The normalized spacial score (nSPS) is 21.2. The van der Waals surface area contributed by atoms with Crippen LogP contribution in [0.5, 0.6) is 0 Å². The molecule has 0 aliphatic carbocycles. The first-order valence-electron chi connectivity index (χ1n) is 7.79. The standard InChI is InChI=1S/C17H20N2O3S/c1-12-6-7-19(13(10-12)14-4-2-8-22-14)16(20)11-18-17(21)15-5-3-9-23-15/h2-5,8-9,12-13H,6-7,10-11H2,1H3,(H,18,21)/t12-,13+/m0/s1. The molecule has 1 saturated heterocycles. The summed E-state index contributed by atoms with van der Waals surface area (Å²) in [5.74, 6) is 1.10. The van der Waals surface area contributed by atoms with Gasteiger partial charge in [-0.15, -0.1) is 11.3 Å². The van der Waals surface area contributed by atoms with Crippen LogP contribution in [-0.4, -0.2) is 29.8 Å². The Labute approximate surface area is 139 Å². The molecule has 2 atom stereocenters. The predicted octanol–water partition coefficient (Wildman–Crippen LogP) is 3.07. The van der Waals surface area contributed by atoms with Gasteiger partial charge in [0.2, 0.25) is 5.91 Å². The van der Waals surface area contributed by atoms with Crippen molar-refractivity contribution in [1.82, 2.24) is 10.2 Å². The molecule has 2 amide bonds. The monoisotopic (exact) mass is 332 g/mol. The van der Waals surface area contributed by atoms with Crippen LogP contribution in [0.25, 0.3) is 0 Å². The van der Waals surface area contributed by atoms with Crippen molar-refractivity contribution in [3.05, 3.63) is 46.5 Å². The molecule has 0 radical (unpaired) electrons. The summed E-state index contributed by atoms with van der Waals surface area (Å²) in [7, 11) is 0. The van der Waals surface area contributed by atoms with Crippen molar-refractivity contribution in [2.24, 2.45) is 5.92 Å². The molecule has 2 aromatic rings. The summed E-state index contributed by atoms with van der Waals surface area (Å²) in [6.07, 6.45) is 3.50. The van der Waals surface area contributed by atoms with Crippen LogP contribution in [0, 0.1) is 5.92 Å². The molecule has 0 spiro atoms. The second-order valence-electron chi connectivity index (χ2n) is 5.91. The van der Waals surface area contributed by atoms with Crippen LogP contribution in [-0.2, 0) is 4.79 Å². The third kappa shape index (κ3) is 3.64. The summed E-state index contributed by atoms with van der Waals surface area (Å²) in [5, 5.41) is 4.55. The highest BCUT2D eigenvalue weighted by molar-refractivity contribution is 7.12.